The van der Waals surface area contributed by atoms with Crippen molar-refractivity contribution in [2.45, 2.75) is 78.4 Å². The number of allylic oxidation sites excluding steroid dienone is 2. The second-order valence-electron chi connectivity index (χ2n) is 8.23. The van der Waals surface area contributed by atoms with Crippen LogP contribution in [0, 0.1) is 5.92 Å². The van der Waals surface area contributed by atoms with Crippen LogP contribution in [-0.2, 0) is 31.7 Å². The maximum absolute atomic E-state index is 11.0. The van der Waals surface area contributed by atoms with Crippen molar-refractivity contribution in [2.75, 3.05) is 40.6 Å². The lowest BCUT2D eigenvalue weighted by molar-refractivity contribution is -0.138. The van der Waals surface area contributed by atoms with Crippen molar-refractivity contribution in [3.8, 4) is 0 Å². The number of ether oxygens (including phenoxy) is 1. The number of carbonyl (C=O) groups excluding carboxylic acids is 1. The topological polar surface area (TPSA) is 72.5 Å². The predicted octanol–water partition coefficient (Wildman–Crippen LogP) is 5.64. The summed E-state index contributed by atoms with van der Waals surface area (Å²) in [6.07, 6.45) is 10.2. The molecule has 0 aliphatic heterocycles. The lowest BCUT2D eigenvalue weighted by Gasteiger charge is -2.30. The highest BCUT2D eigenvalue weighted by molar-refractivity contribution is 6.65. The molecule has 194 valence electrons. The molecule has 0 bridgehead atoms. The Morgan fingerprint density at radius 2 is 1.58 bits per heavy atom. The third-order valence-corrected chi connectivity index (χ3v) is 11.6. The fourth-order valence-corrected chi connectivity index (χ4v) is 7.60. The molecule has 0 fully saturated rings. The number of rotatable bonds is 16. The van der Waals surface area contributed by atoms with Crippen molar-refractivity contribution in [3.63, 3.8) is 0 Å². The van der Waals surface area contributed by atoms with Crippen LogP contribution in [0.2, 0.25) is 18.6 Å². The van der Waals surface area contributed by atoms with Gasteiger partial charge in [-0.05, 0) is 78.3 Å². The SMILES string of the molecule is C=C(C)C(=O)OCCC[Si](C)(OC)OC.CCO[Si](CCC1CC=CCC1)(OCC)OCC. The molecule has 0 saturated heterocycles. The molecular formula is C24H48O7Si2. The van der Waals surface area contributed by atoms with Crippen LogP contribution in [0.25, 0.3) is 0 Å². The summed E-state index contributed by atoms with van der Waals surface area (Å²) in [6, 6.07) is 1.77. The summed E-state index contributed by atoms with van der Waals surface area (Å²) in [5.41, 5.74) is 0.425. The standard InChI is InChI=1S/C14H28O3Si.C10H20O4Si/c1-4-15-18(16-5-2,17-6-3)13-12-14-10-8-7-9-11-14;1-9(2)10(11)14-7-6-8-15(5,12-3)13-4/h7-8,14H,4-6,9-13H2,1-3H3;1,6-8H2,2-5H3. The molecule has 0 aromatic rings. The van der Waals surface area contributed by atoms with Gasteiger partial charge in [0.15, 0.2) is 0 Å². The number of hydrogen-bond acceptors (Lipinski definition) is 7. The minimum absolute atomic E-state index is 0.340. The van der Waals surface area contributed by atoms with Crippen LogP contribution in [0.3, 0.4) is 0 Å². The van der Waals surface area contributed by atoms with Gasteiger partial charge in [-0.15, -0.1) is 0 Å². The van der Waals surface area contributed by atoms with Crippen LogP contribution in [0.4, 0.5) is 0 Å². The summed E-state index contributed by atoms with van der Waals surface area (Å²) < 4.78 is 33.2. The molecule has 7 nitrogen and oxygen atoms in total. The maximum Gasteiger partial charge on any atom is 0.500 e. The van der Waals surface area contributed by atoms with Crippen LogP contribution in [0.1, 0.15) is 59.8 Å². The molecule has 1 aliphatic rings. The van der Waals surface area contributed by atoms with Crippen LogP contribution >= 0.6 is 0 Å². The Labute approximate surface area is 204 Å². The first-order chi connectivity index (χ1) is 15.7. The molecule has 9 heteroatoms. The van der Waals surface area contributed by atoms with E-state index in [9.17, 15) is 4.79 Å². The number of carbonyl (C=O) groups is 1. The van der Waals surface area contributed by atoms with Crippen molar-refractivity contribution < 1.29 is 31.7 Å². The zero-order chi connectivity index (χ0) is 25.2. The molecule has 0 aromatic heterocycles. The van der Waals surface area contributed by atoms with E-state index in [4.69, 9.17) is 26.9 Å². The summed E-state index contributed by atoms with van der Waals surface area (Å²) in [4.78, 5) is 11.0. The van der Waals surface area contributed by atoms with Crippen molar-refractivity contribution in [3.05, 3.63) is 24.3 Å². The first-order valence-corrected chi connectivity index (χ1v) is 16.7. The average Bonchev–Trinajstić information content (AvgIpc) is 2.82. The Balaban J connectivity index is 0.000000633. The summed E-state index contributed by atoms with van der Waals surface area (Å²) in [7, 11) is -1.12. The molecule has 1 atom stereocenters. The van der Waals surface area contributed by atoms with Crippen LogP contribution in [0.15, 0.2) is 24.3 Å². The largest absolute Gasteiger partial charge is 0.500 e. The highest BCUT2D eigenvalue weighted by atomic mass is 28.4. The van der Waals surface area contributed by atoms with Gasteiger partial charge < -0.3 is 26.9 Å². The number of hydrogen-bond donors (Lipinski definition) is 0. The van der Waals surface area contributed by atoms with E-state index >= 15 is 0 Å². The van der Waals surface area contributed by atoms with Gasteiger partial charge in [-0.3, -0.25) is 0 Å². The van der Waals surface area contributed by atoms with E-state index < -0.39 is 17.4 Å². The molecule has 0 radical (unpaired) electrons. The quantitative estimate of drug-likeness (QED) is 0.0885. The molecule has 1 rings (SSSR count). The second-order valence-corrected chi connectivity index (χ2v) is 14.5. The van der Waals surface area contributed by atoms with Crippen LogP contribution in [-0.4, -0.2) is 64.0 Å². The van der Waals surface area contributed by atoms with E-state index in [1.165, 1.54) is 19.3 Å². The molecule has 1 aliphatic carbocycles. The normalized spacial score (nSPS) is 16.2. The lowest BCUT2D eigenvalue weighted by Crippen LogP contribution is -2.46. The molecule has 0 saturated carbocycles. The number of esters is 1. The minimum Gasteiger partial charge on any atom is -0.462 e. The average molecular weight is 505 g/mol. The van der Waals surface area contributed by atoms with Gasteiger partial charge in [0.25, 0.3) is 0 Å². The molecule has 0 spiro atoms. The Morgan fingerprint density at radius 1 is 1.00 bits per heavy atom. The highest BCUT2D eigenvalue weighted by Gasteiger charge is 2.40. The lowest BCUT2D eigenvalue weighted by atomic mass is 9.92. The van der Waals surface area contributed by atoms with Gasteiger partial charge >= 0.3 is 23.3 Å². The fraction of sp³-hybridized carbons (Fsp3) is 0.792. The first-order valence-electron chi connectivity index (χ1n) is 12.2. The maximum atomic E-state index is 11.0. The third kappa shape index (κ3) is 14.2. The molecule has 1 unspecified atom stereocenters. The van der Waals surface area contributed by atoms with Gasteiger partial charge in [-0.1, -0.05) is 18.7 Å². The summed E-state index contributed by atoms with van der Waals surface area (Å²) in [5.74, 6) is 0.441. The van der Waals surface area contributed by atoms with Crippen molar-refractivity contribution in [1.82, 2.24) is 0 Å². The molecule has 0 amide bonds. The zero-order valence-corrected chi connectivity index (χ0v) is 24.1. The molecule has 33 heavy (non-hydrogen) atoms. The van der Waals surface area contributed by atoms with Crippen LogP contribution in [0.5, 0.6) is 0 Å². The molecule has 0 heterocycles. The Bertz CT molecular complexity index is 548. The van der Waals surface area contributed by atoms with E-state index in [0.717, 1.165) is 30.8 Å². The van der Waals surface area contributed by atoms with E-state index in [1.807, 2.05) is 27.3 Å². The van der Waals surface area contributed by atoms with Gasteiger partial charge in [-0.25, -0.2) is 4.79 Å². The summed E-state index contributed by atoms with van der Waals surface area (Å²) in [5, 5.41) is 0. The Morgan fingerprint density at radius 3 is 2.00 bits per heavy atom. The van der Waals surface area contributed by atoms with E-state index in [-0.39, 0.29) is 5.97 Å². The predicted molar refractivity (Wildman–Crippen MR) is 137 cm³/mol. The fourth-order valence-electron chi connectivity index (χ4n) is 3.47. The van der Waals surface area contributed by atoms with Crippen molar-refractivity contribution in [2.24, 2.45) is 5.92 Å². The van der Waals surface area contributed by atoms with Gasteiger partial charge in [0, 0.05) is 45.7 Å². The Hall–Kier alpha value is -0.816. The van der Waals surface area contributed by atoms with Crippen molar-refractivity contribution >= 4 is 23.3 Å². The van der Waals surface area contributed by atoms with E-state index in [1.54, 1.807) is 21.1 Å². The van der Waals surface area contributed by atoms with E-state index in [0.29, 0.717) is 32.0 Å². The first kappa shape index (κ1) is 32.2. The smallest absolute Gasteiger partial charge is 0.462 e. The van der Waals surface area contributed by atoms with Gasteiger partial charge in [0.05, 0.1) is 6.61 Å². The highest BCUT2D eigenvalue weighted by Crippen LogP contribution is 2.28. The van der Waals surface area contributed by atoms with Gasteiger partial charge in [0.2, 0.25) is 0 Å². The van der Waals surface area contributed by atoms with Gasteiger partial charge in [-0.2, -0.15) is 0 Å². The molecule has 0 aromatic carbocycles. The minimum atomic E-state index is -2.40. The monoisotopic (exact) mass is 504 g/mol. The zero-order valence-electron chi connectivity index (χ0n) is 22.1. The van der Waals surface area contributed by atoms with E-state index in [2.05, 4.69) is 18.7 Å². The second kappa shape index (κ2) is 18.5. The molecule has 0 N–H and O–H groups in total. The van der Waals surface area contributed by atoms with Crippen molar-refractivity contribution in [1.29, 1.82) is 0 Å². The van der Waals surface area contributed by atoms with Gasteiger partial charge in [0.1, 0.15) is 0 Å². The third-order valence-electron chi connectivity index (χ3n) is 5.55. The van der Waals surface area contributed by atoms with Crippen LogP contribution < -0.4 is 0 Å². The molecular weight excluding hydrogens is 456 g/mol. The summed E-state index contributed by atoms with van der Waals surface area (Å²) >= 11 is 0. The summed E-state index contributed by atoms with van der Waals surface area (Å²) in [6.45, 7) is 15.6. The Kier molecular flexibility index (Phi) is 18.0.